The van der Waals surface area contributed by atoms with E-state index < -0.39 is 39.5 Å². The van der Waals surface area contributed by atoms with Crippen molar-refractivity contribution < 1.29 is 26.8 Å². The van der Waals surface area contributed by atoms with E-state index in [1.807, 2.05) is 0 Å². The molecule has 0 saturated carbocycles. The van der Waals surface area contributed by atoms with Crippen molar-refractivity contribution in [2.45, 2.75) is 44.6 Å². The summed E-state index contributed by atoms with van der Waals surface area (Å²) in [6, 6.07) is 5.96. The zero-order chi connectivity index (χ0) is 23.6. The molecule has 0 saturated heterocycles. The molecule has 0 bridgehead atoms. The zero-order valence-corrected chi connectivity index (χ0v) is 18.8. The van der Waals surface area contributed by atoms with Gasteiger partial charge in [-0.25, -0.2) is 17.2 Å². The number of hydrogen-bond donors (Lipinski definition) is 2. The minimum atomic E-state index is -4.10. The minimum absolute atomic E-state index is 0.0342. The van der Waals surface area contributed by atoms with Gasteiger partial charge in [0.05, 0.1) is 10.6 Å². The lowest BCUT2D eigenvalue weighted by molar-refractivity contribution is -0.118. The van der Waals surface area contributed by atoms with Gasteiger partial charge in [-0.15, -0.1) is 0 Å². The first kappa shape index (κ1) is 23.8. The topological polar surface area (TPSA) is 95.6 Å². The second kappa shape index (κ2) is 9.33. The number of anilines is 2. The van der Waals surface area contributed by atoms with Crippen molar-refractivity contribution in [1.82, 2.24) is 4.72 Å². The summed E-state index contributed by atoms with van der Waals surface area (Å²) in [6.45, 7) is 5.32. The molecule has 172 valence electrons. The lowest BCUT2D eigenvalue weighted by Crippen LogP contribution is -2.47. The molecule has 2 N–H and O–H groups in total. The van der Waals surface area contributed by atoms with Gasteiger partial charge in [0.2, 0.25) is 21.8 Å². The Morgan fingerprint density at radius 3 is 2.44 bits per heavy atom. The second-order valence-corrected chi connectivity index (χ2v) is 9.74. The molecular formula is C22H25F2N3O4S. The van der Waals surface area contributed by atoms with Gasteiger partial charge in [-0.3, -0.25) is 9.59 Å². The van der Waals surface area contributed by atoms with Crippen LogP contribution < -0.4 is 14.9 Å². The Hall–Kier alpha value is -2.85. The van der Waals surface area contributed by atoms with Gasteiger partial charge >= 0.3 is 0 Å². The van der Waals surface area contributed by atoms with Crippen LogP contribution in [0.4, 0.5) is 20.2 Å². The normalized spacial score (nSPS) is 14.8. The molecule has 1 unspecified atom stereocenters. The number of sulfonamides is 1. The third-order valence-corrected chi connectivity index (χ3v) is 6.72. The van der Waals surface area contributed by atoms with Crippen molar-refractivity contribution in [2.24, 2.45) is 5.92 Å². The summed E-state index contributed by atoms with van der Waals surface area (Å²) in [5, 5.41) is 2.31. The first-order valence-corrected chi connectivity index (χ1v) is 11.7. The molecule has 0 aliphatic carbocycles. The van der Waals surface area contributed by atoms with E-state index in [2.05, 4.69) is 10.0 Å². The maximum absolute atomic E-state index is 13.9. The van der Waals surface area contributed by atoms with Gasteiger partial charge in [-0.1, -0.05) is 13.8 Å². The molecule has 1 aliphatic heterocycles. The Balaban J connectivity index is 1.84. The third kappa shape index (κ3) is 5.13. The van der Waals surface area contributed by atoms with Crippen LogP contribution in [0.2, 0.25) is 0 Å². The molecule has 0 aromatic heterocycles. The fourth-order valence-corrected chi connectivity index (χ4v) is 4.99. The number of carbonyl (C=O) groups excluding carboxylic acids is 2. The Labute approximate surface area is 185 Å². The van der Waals surface area contributed by atoms with E-state index in [0.717, 1.165) is 17.7 Å². The van der Waals surface area contributed by atoms with Crippen LogP contribution in [-0.2, 0) is 26.0 Å². The van der Waals surface area contributed by atoms with Crippen molar-refractivity contribution in [1.29, 1.82) is 0 Å². The number of aryl methyl sites for hydroxylation is 1. The lowest BCUT2D eigenvalue weighted by Gasteiger charge is -2.29. The zero-order valence-electron chi connectivity index (χ0n) is 18.0. The van der Waals surface area contributed by atoms with E-state index >= 15 is 0 Å². The predicted molar refractivity (Wildman–Crippen MR) is 117 cm³/mol. The van der Waals surface area contributed by atoms with Gasteiger partial charge < -0.3 is 10.2 Å². The van der Waals surface area contributed by atoms with E-state index in [1.54, 1.807) is 24.8 Å². The summed E-state index contributed by atoms with van der Waals surface area (Å²) in [7, 11) is -4.10. The van der Waals surface area contributed by atoms with Crippen LogP contribution in [-0.4, -0.2) is 32.8 Å². The predicted octanol–water partition coefficient (Wildman–Crippen LogP) is 3.21. The van der Waals surface area contributed by atoms with Crippen molar-refractivity contribution in [3.05, 3.63) is 53.6 Å². The molecule has 3 rings (SSSR count). The Morgan fingerprint density at radius 2 is 1.81 bits per heavy atom. The van der Waals surface area contributed by atoms with Crippen molar-refractivity contribution in [3.8, 4) is 0 Å². The molecule has 0 radical (unpaired) electrons. The van der Waals surface area contributed by atoms with Gasteiger partial charge in [-0.05, 0) is 54.7 Å². The molecule has 2 aromatic carbocycles. The number of halogens is 2. The first-order chi connectivity index (χ1) is 15.0. The molecular weight excluding hydrogens is 440 g/mol. The molecule has 0 spiro atoms. The van der Waals surface area contributed by atoms with Crippen molar-refractivity contribution in [2.75, 3.05) is 16.8 Å². The van der Waals surface area contributed by atoms with Gasteiger partial charge in [0.1, 0.15) is 17.7 Å². The fourth-order valence-electron chi connectivity index (χ4n) is 3.60. The fraction of sp³-hybridized carbons (Fsp3) is 0.364. The number of amides is 2. The van der Waals surface area contributed by atoms with Crippen LogP contribution in [0.15, 0.2) is 41.3 Å². The Morgan fingerprint density at radius 1 is 1.09 bits per heavy atom. The maximum Gasteiger partial charge on any atom is 0.242 e. The monoisotopic (exact) mass is 465 g/mol. The molecule has 2 aromatic rings. The molecule has 32 heavy (non-hydrogen) atoms. The lowest BCUT2D eigenvalue weighted by atomic mass is 10.0. The summed E-state index contributed by atoms with van der Waals surface area (Å²) in [6.07, 6.45) is 1.34. The Bertz CT molecular complexity index is 1150. The quantitative estimate of drug-likeness (QED) is 0.685. The van der Waals surface area contributed by atoms with Crippen LogP contribution in [0.1, 0.15) is 32.8 Å². The highest BCUT2D eigenvalue weighted by Crippen LogP contribution is 2.29. The summed E-state index contributed by atoms with van der Waals surface area (Å²) < 4.78 is 55.4. The van der Waals surface area contributed by atoms with Crippen LogP contribution >= 0.6 is 0 Å². The van der Waals surface area contributed by atoms with E-state index in [-0.39, 0.29) is 16.5 Å². The molecule has 0 fully saturated rings. The summed E-state index contributed by atoms with van der Waals surface area (Å²) in [4.78, 5) is 26.1. The summed E-state index contributed by atoms with van der Waals surface area (Å²) in [5.74, 6) is -3.11. The van der Waals surface area contributed by atoms with Crippen LogP contribution in [0, 0.1) is 17.6 Å². The highest BCUT2D eigenvalue weighted by atomic mass is 32.2. The maximum atomic E-state index is 13.9. The van der Waals surface area contributed by atoms with Crippen molar-refractivity contribution in [3.63, 3.8) is 0 Å². The third-order valence-electron chi connectivity index (χ3n) is 5.28. The second-order valence-electron chi connectivity index (χ2n) is 8.02. The number of nitrogens with one attached hydrogen (secondary N) is 2. The average molecular weight is 466 g/mol. The molecule has 1 heterocycles. The highest BCUT2D eigenvalue weighted by molar-refractivity contribution is 7.89. The van der Waals surface area contributed by atoms with E-state index in [0.29, 0.717) is 31.1 Å². The van der Waals surface area contributed by atoms with Crippen LogP contribution in [0.25, 0.3) is 0 Å². The van der Waals surface area contributed by atoms with Gasteiger partial charge in [0.15, 0.2) is 0 Å². The Kier molecular flexibility index (Phi) is 6.94. The number of nitrogens with zero attached hydrogens (tertiary/aromatic N) is 1. The highest BCUT2D eigenvalue weighted by Gasteiger charge is 2.30. The molecule has 1 atom stereocenters. The smallest absolute Gasteiger partial charge is 0.242 e. The molecule has 1 aliphatic rings. The number of hydrogen-bond acceptors (Lipinski definition) is 4. The molecule has 7 nitrogen and oxygen atoms in total. The van der Waals surface area contributed by atoms with E-state index in [1.165, 1.54) is 19.1 Å². The van der Waals surface area contributed by atoms with E-state index in [4.69, 9.17) is 0 Å². The largest absolute Gasteiger partial charge is 0.322 e. The number of fused-ring (bicyclic) bond motifs is 1. The van der Waals surface area contributed by atoms with Crippen molar-refractivity contribution >= 4 is 33.2 Å². The first-order valence-electron chi connectivity index (χ1n) is 10.2. The average Bonchev–Trinajstić information content (AvgIpc) is 2.72. The minimum Gasteiger partial charge on any atom is -0.322 e. The number of benzene rings is 2. The van der Waals surface area contributed by atoms with Gasteiger partial charge in [-0.2, -0.15) is 4.72 Å². The summed E-state index contributed by atoms with van der Waals surface area (Å²) in [5.41, 5.74) is 1.15. The number of rotatable bonds is 6. The summed E-state index contributed by atoms with van der Waals surface area (Å²) >= 11 is 0. The van der Waals surface area contributed by atoms with Gasteiger partial charge in [0.25, 0.3) is 0 Å². The number of carbonyl (C=O) groups is 2. The van der Waals surface area contributed by atoms with Crippen LogP contribution in [0.5, 0.6) is 0 Å². The standard InChI is InChI=1S/C22H25F2N3O4S/c1-13(2)21(22(29)25-19-8-6-16(23)12-18(19)24)26-32(30,31)17-7-9-20-15(11-17)5-4-10-27(20)14(3)28/h6-9,11-13,21,26H,4-5,10H2,1-3H3,(H,25,29). The molecule has 2 amide bonds. The van der Waals surface area contributed by atoms with Crippen LogP contribution in [0.3, 0.4) is 0 Å². The SMILES string of the molecule is CC(=O)N1CCCc2cc(S(=O)(=O)NC(C(=O)Nc3ccc(F)cc3F)C(C)C)ccc21. The van der Waals surface area contributed by atoms with Gasteiger partial charge in [0, 0.05) is 25.2 Å². The molecule has 10 heteroatoms. The van der Waals surface area contributed by atoms with E-state index in [9.17, 15) is 26.8 Å².